The molecule has 3 heteroatoms. The lowest BCUT2D eigenvalue weighted by molar-refractivity contribution is 0.521. The monoisotopic (exact) mass is 826 g/mol. The minimum absolute atomic E-state index is 0.312. The molecule has 2 nitrogen and oxygen atoms in total. The average molecular weight is 827 g/mol. The van der Waals surface area contributed by atoms with Crippen molar-refractivity contribution in [3.63, 3.8) is 0 Å². The van der Waals surface area contributed by atoms with Gasteiger partial charge in [0.15, 0.2) is 0 Å². The van der Waals surface area contributed by atoms with Crippen molar-refractivity contribution in [1.29, 1.82) is 0 Å². The predicted molar refractivity (Wildman–Crippen MR) is 271 cm³/mol. The normalized spacial score (nSPS) is 21.3. The van der Waals surface area contributed by atoms with Gasteiger partial charge in [0.25, 0.3) is 0 Å². The molecule has 2 fully saturated rings. The molecule has 302 valence electrons. The van der Waals surface area contributed by atoms with Crippen molar-refractivity contribution in [2.75, 3.05) is 16.4 Å². The van der Waals surface area contributed by atoms with Crippen molar-refractivity contribution in [3.8, 4) is 39.1 Å². The van der Waals surface area contributed by atoms with E-state index in [1.54, 1.807) is 11.5 Å². The third-order valence-electron chi connectivity index (χ3n) is 15.7. The fourth-order valence-corrected chi connectivity index (χ4v) is 20.8. The summed E-state index contributed by atoms with van der Waals surface area (Å²) in [5, 5.41) is 10.1. The van der Waals surface area contributed by atoms with Crippen LogP contribution in [-0.4, -0.2) is 31.9 Å². The molecule has 0 aliphatic carbocycles. The van der Waals surface area contributed by atoms with Crippen molar-refractivity contribution >= 4 is 63.8 Å². The molecule has 2 bridgehead atoms. The molecule has 2 saturated heterocycles. The van der Waals surface area contributed by atoms with E-state index in [9.17, 15) is 0 Å². The second kappa shape index (κ2) is 12.8. The molecule has 0 unspecified atom stereocenters. The van der Waals surface area contributed by atoms with Crippen molar-refractivity contribution in [3.05, 3.63) is 218 Å². The van der Waals surface area contributed by atoms with Gasteiger partial charge < -0.3 is 9.47 Å². The molecule has 4 aliphatic heterocycles. The van der Waals surface area contributed by atoms with Crippen LogP contribution in [0.3, 0.4) is 0 Å². The molecule has 1 aromatic heterocycles. The molecule has 2 atom stereocenters. The molecule has 10 aromatic rings. The van der Waals surface area contributed by atoms with Gasteiger partial charge in [-0.3, -0.25) is 0 Å². The molecule has 14 rings (SSSR count). The maximum atomic E-state index is 2.96. The summed E-state index contributed by atoms with van der Waals surface area (Å²) in [4.78, 5) is 2.49. The Bertz CT molecular complexity index is 3480. The number of aromatic nitrogens is 1. The van der Waals surface area contributed by atoms with Crippen LogP contribution in [0.15, 0.2) is 212 Å². The number of fused-ring (bicyclic) bond motifs is 5. The molecule has 1 spiro atoms. The second-order valence-electron chi connectivity index (χ2n) is 18.8. The van der Waals surface area contributed by atoms with Gasteiger partial charge in [-0.1, -0.05) is 169 Å². The summed E-state index contributed by atoms with van der Waals surface area (Å²) in [6, 6.07) is 78.8. The molecular weight excluding hydrogens is 781 g/mol. The first-order valence-electron chi connectivity index (χ1n) is 22.6. The highest BCUT2D eigenvalue weighted by Crippen LogP contribution is 3.00. The Balaban J connectivity index is 0.889. The number of para-hydroxylation sites is 3. The zero-order valence-electron chi connectivity index (χ0n) is 35.1. The van der Waals surface area contributed by atoms with Crippen LogP contribution in [-0.2, 0) is 5.41 Å². The number of hydrogen-bond acceptors (Lipinski definition) is 1. The van der Waals surface area contributed by atoms with Crippen LogP contribution in [0, 0.1) is 0 Å². The molecule has 0 saturated carbocycles. The topological polar surface area (TPSA) is 8.17 Å². The lowest BCUT2D eigenvalue weighted by Gasteiger charge is -2.31. The minimum Gasteiger partial charge on any atom is -0.310 e. The Kier molecular flexibility index (Phi) is 7.25. The molecule has 0 N–H and O–H groups in total. The molecule has 4 aliphatic rings. The van der Waals surface area contributed by atoms with Gasteiger partial charge in [-0.2, -0.15) is 0 Å². The number of hydrogen-bond donors (Lipinski definition) is 0. The van der Waals surface area contributed by atoms with Crippen LogP contribution in [0.4, 0.5) is 17.1 Å². The summed E-state index contributed by atoms with van der Waals surface area (Å²) in [6.45, 7) is 0. The smallest absolute Gasteiger partial charge is 0.0541 e. The summed E-state index contributed by atoms with van der Waals surface area (Å²) < 4.78 is 2.44. The highest BCUT2D eigenvalue weighted by molar-refractivity contribution is 8.59. The molecule has 0 radical (unpaired) electrons. The van der Waals surface area contributed by atoms with Gasteiger partial charge in [0, 0.05) is 38.5 Å². The van der Waals surface area contributed by atoms with Gasteiger partial charge in [-0.25, -0.2) is 8.75 Å². The zero-order chi connectivity index (χ0) is 41.4. The predicted octanol–water partition coefficient (Wildman–Crippen LogP) is 15.4. The lowest BCUT2D eigenvalue weighted by atomic mass is 9.75. The van der Waals surface area contributed by atoms with E-state index in [4.69, 9.17) is 0 Å². The van der Waals surface area contributed by atoms with Crippen LogP contribution in [0.25, 0.3) is 71.6 Å². The quantitative estimate of drug-likeness (QED) is 0.109. The second-order valence-corrected chi connectivity index (χ2v) is 24.3. The van der Waals surface area contributed by atoms with E-state index in [1.807, 2.05) is 0 Å². The molecule has 63 heavy (non-hydrogen) atoms. The summed E-state index contributed by atoms with van der Waals surface area (Å²) in [5.41, 5.74) is 16.3. The van der Waals surface area contributed by atoms with Gasteiger partial charge in [0.1, 0.15) is 0 Å². The van der Waals surface area contributed by atoms with Gasteiger partial charge in [0.2, 0.25) is 0 Å². The number of rotatable bonds is 8. The van der Waals surface area contributed by atoms with E-state index in [2.05, 4.69) is 227 Å². The molecule has 9 aromatic carbocycles. The summed E-state index contributed by atoms with van der Waals surface area (Å²) in [5.74, 6) is 3.13. The van der Waals surface area contributed by atoms with Gasteiger partial charge >= 0.3 is 0 Å². The van der Waals surface area contributed by atoms with E-state index in [0.29, 0.717) is 5.41 Å². The summed E-state index contributed by atoms with van der Waals surface area (Å²) in [7, 11) is -1.06. The third kappa shape index (κ3) is 5.06. The maximum absolute atomic E-state index is 2.96. The van der Waals surface area contributed by atoms with Crippen molar-refractivity contribution in [2.24, 2.45) is 0 Å². The fourth-order valence-electron chi connectivity index (χ4n) is 12.6. The summed E-state index contributed by atoms with van der Waals surface area (Å²) >= 11 is 0. The Morgan fingerprint density at radius 2 is 0.921 bits per heavy atom. The highest BCUT2D eigenvalue weighted by atomic mass is 32.3. The van der Waals surface area contributed by atoms with Crippen LogP contribution >= 0.6 is 8.75 Å². The van der Waals surface area contributed by atoms with E-state index >= 15 is 0 Å². The number of nitrogens with zero attached hydrogens (tertiary/aromatic N) is 2. The van der Waals surface area contributed by atoms with E-state index in [0.717, 1.165) is 16.2 Å². The Morgan fingerprint density at radius 1 is 0.413 bits per heavy atom. The lowest BCUT2D eigenvalue weighted by Crippen LogP contribution is -2.28. The Labute approximate surface area is 368 Å². The van der Waals surface area contributed by atoms with E-state index in [-0.39, 0.29) is 0 Å². The van der Waals surface area contributed by atoms with Crippen LogP contribution in [0.1, 0.15) is 18.4 Å². The van der Waals surface area contributed by atoms with Gasteiger partial charge in [0.05, 0.1) is 22.4 Å². The number of benzene rings is 9. The van der Waals surface area contributed by atoms with Crippen LogP contribution < -0.4 is 4.90 Å². The molecule has 0 amide bonds. The first-order valence-corrected chi connectivity index (χ1v) is 25.2. The fraction of sp³-hybridized carbons (Fsp3) is 0.117. The van der Waals surface area contributed by atoms with Gasteiger partial charge in [-0.05, 0) is 122 Å². The standard InChI is InChI=1S/C60H46N2S/c1-2-12-41(13-3-1)42-22-24-43(25-23-42)50-34-35-59(53-16-5-4-15-52(50)53)61(47-32-28-45(29-33-47)60-36-48-38-63(48,40-60)39-49(63)37-60)46-30-26-44(27-31-46)51-14-6-9-19-56(51)62-57-20-10-7-17-54(57)55-18-8-11-21-58(55)62/h1-35,40,48-49H,36-39H2/t48-,49-/m1/s1. The molecular formula is C60H46N2S. The summed E-state index contributed by atoms with van der Waals surface area (Å²) in [6.07, 6.45) is 2.79. The van der Waals surface area contributed by atoms with Crippen molar-refractivity contribution < 1.29 is 0 Å². The minimum atomic E-state index is -1.06. The van der Waals surface area contributed by atoms with Gasteiger partial charge in [-0.15, -0.1) is 0 Å². The Hall–Kier alpha value is -6.94. The largest absolute Gasteiger partial charge is 0.310 e. The highest BCUT2D eigenvalue weighted by Gasteiger charge is 2.81. The average Bonchev–Trinajstić information content (AvgIpc) is 4.02. The maximum Gasteiger partial charge on any atom is 0.0541 e. The van der Waals surface area contributed by atoms with E-state index in [1.165, 1.54) is 101 Å². The van der Waals surface area contributed by atoms with E-state index < -0.39 is 8.75 Å². The SMILES string of the molecule is C1=S234C[C@H]2CC1(c1ccc(N(c2ccc(-c5ccccc5-n5c6ccccc6c6ccccc65)cc2)c2ccc(-c5ccc(-c6ccccc6)cc5)c5ccccc25)cc1)C[C@@H]3C4. The third-order valence-corrected chi connectivity index (χ3v) is 22.4. The Morgan fingerprint density at radius 3 is 1.59 bits per heavy atom. The van der Waals surface area contributed by atoms with Crippen molar-refractivity contribution in [1.82, 2.24) is 4.57 Å². The first-order chi connectivity index (χ1) is 31.1. The zero-order valence-corrected chi connectivity index (χ0v) is 35.9. The first kappa shape index (κ1) is 35.6. The molecule has 5 heterocycles. The van der Waals surface area contributed by atoms with Crippen molar-refractivity contribution in [2.45, 2.75) is 28.8 Å². The van der Waals surface area contributed by atoms with Crippen LogP contribution in [0.2, 0.25) is 0 Å². The number of anilines is 3. The van der Waals surface area contributed by atoms with Crippen LogP contribution in [0.5, 0.6) is 0 Å².